The normalized spacial score (nSPS) is 12.9. The Morgan fingerprint density at radius 2 is 2.10 bits per heavy atom. The number of hydrogen-bond acceptors (Lipinski definition) is 3. The molecule has 0 aliphatic carbocycles. The third kappa shape index (κ3) is 3.42. The molecular formula is C15H20FN3O. The highest BCUT2D eigenvalue weighted by molar-refractivity contribution is 5.29. The van der Waals surface area contributed by atoms with E-state index in [1.807, 2.05) is 4.68 Å². The van der Waals surface area contributed by atoms with Crippen LogP contribution in [0.25, 0.3) is 0 Å². The summed E-state index contributed by atoms with van der Waals surface area (Å²) in [5.74, 6) is 0.913. The number of aliphatic hydroxyl groups is 1. The van der Waals surface area contributed by atoms with E-state index in [1.165, 1.54) is 18.5 Å². The lowest BCUT2D eigenvalue weighted by Crippen LogP contribution is -2.14. The minimum atomic E-state index is -0.703. The van der Waals surface area contributed by atoms with Crippen LogP contribution in [0, 0.1) is 18.7 Å². The summed E-state index contributed by atoms with van der Waals surface area (Å²) in [4.78, 5) is 4.20. The van der Waals surface area contributed by atoms with E-state index in [0.29, 0.717) is 12.3 Å². The summed E-state index contributed by atoms with van der Waals surface area (Å²) in [6.07, 6.45) is 1.17. The Bertz CT molecular complexity index is 580. The summed E-state index contributed by atoms with van der Waals surface area (Å²) < 4.78 is 14.9. The van der Waals surface area contributed by atoms with Crippen molar-refractivity contribution in [3.63, 3.8) is 0 Å². The maximum atomic E-state index is 13.1. The second kappa shape index (κ2) is 6.13. The Kier molecular flexibility index (Phi) is 4.49. The molecular weight excluding hydrogens is 257 g/mol. The molecule has 1 heterocycles. The smallest absolute Gasteiger partial charge is 0.138 e. The predicted octanol–water partition coefficient (Wildman–Crippen LogP) is 2.66. The highest BCUT2D eigenvalue weighted by atomic mass is 19.1. The minimum Gasteiger partial charge on any atom is -0.388 e. The third-order valence-corrected chi connectivity index (χ3v) is 3.20. The fraction of sp³-hybridized carbons (Fsp3) is 0.467. The molecule has 0 saturated carbocycles. The number of rotatable bonds is 5. The second-order valence-electron chi connectivity index (χ2n) is 5.47. The Morgan fingerprint density at radius 1 is 1.35 bits per heavy atom. The van der Waals surface area contributed by atoms with E-state index >= 15 is 0 Å². The van der Waals surface area contributed by atoms with Gasteiger partial charge in [0.2, 0.25) is 0 Å². The summed E-state index contributed by atoms with van der Waals surface area (Å²) in [5, 5.41) is 14.5. The van der Waals surface area contributed by atoms with Crippen molar-refractivity contribution in [3.05, 3.63) is 47.3 Å². The Morgan fingerprint density at radius 3 is 2.75 bits per heavy atom. The van der Waals surface area contributed by atoms with E-state index in [0.717, 1.165) is 23.5 Å². The summed E-state index contributed by atoms with van der Waals surface area (Å²) in [6, 6.07) is 4.42. The summed E-state index contributed by atoms with van der Waals surface area (Å²) >= 11 is 0. The number of hydrogen-bond donors (Lipinski definition) is 1. The molecule has 0 aliphatic heterocycles. The summed E-state index contributed by atoms with van der Waals surface area (Å²) in [6.45, 7) is 6.77. The molecule has 1 unspecified atom stereocenters. The van der Waals surface area contributed by atoms with Crippen molar-refractivity contribution >= 4 is 0 Å². The van der Waals surface area contributed by atoms with E-state index in [2.05, 4.69) is 23.9 Å². The molecule has 0 aliphatic rings. The van der Waals surface area contributed by atoms with Crippen molar-refractivity contribution in [1.29, 1.82) is 0 Å². The highest BCUT2D eigenvalue weighted by Gasteiger charge is 2.16. The van der Waals surface area contributed by atoms with Gasteiger partial charge < -0.3 is 5.11 Å². The molecule has 1 aromatic heterocycles. The largest absolute Gasteiger partial charge is 0.388 e. The van der Waals surface area contributed by atoms with Crippen LogP contribution in [0.5, 0.6) is 0 Å². The molecule has 1 atom stereocenters. The van der Waals surface area contributed by atoms with Gasteiger partial charge in [-0.25, -0.2) is 14.1 Å². The standard InChI is InChI=1S/C15H20FN3O/c1-10(2)8-19-15(17-9-18-19)7-14(20)13-5-4-12(16)6-11(13)3/h4-6,9-10,14,20H,7-8H2,1-3H3. The zero-order chi connectivity index (χ0) is 14.7. The fourth-order valence-electron chi connectivity index (χ4n) is 2.24. The first kappa shape index (κ1) is 14.7. The van der Waals surface area contributed by atoms with E-state index < -0.39 is 6.10 Å². The molecule has 0 amide bonds. The topological polar surface area (TPSA) is 50.9 Å². The number of nitrogens with zero attached hydrogens (tertiary/aromatic N) is 3. The average molecular weight is 277 g/mol. The van der Waals surface area contributed by atoms with E-state index in [-0.39, 0.29) is 5.82 Å². The predicted molar refractivity (Wildman–Crippen MR) is 74.7 cm³/mol. The monoisotopic (exact) mass is 277 g/mol. The molecule has 1 N–H and O–H groups in total. The molecule has 20 heavy (non-hydrogen) atoms. The van der Waals surface area contributed by atoms with Crippen LogP contribution in [-0.4, -0.2) is 19.9 Å². The number of halogens is 1. The summed E-state index contributed by atoms with van der Waals surface area (Å²) in [7, 11) is 0. The van der Waals surface area contributed by atoms with Gasteiger partial charge >= 0.3 is 0 Å². The van der Waals surface area contributed by atoms with Crippen molar-refractivity contribution in [2.45, 2.75) is 39.8 Å². The van der Waals surface area contributed by atoms with Crippen LogP contribution in [0.4, 0.5) is 4.39 Å². The molecule has 2 rings (SSSR count). The Labute approximate surface area is 118 Å². The molecule has 0 bridgehead atoms. The number of aryl methyl sites for hydroxylation is 1. The molecule has 108 valence electrons. The van der Waals surface area contributed by atoms with Crippen LogP contribution in [0.3, 0.4) is 0 Å². The molecule has 0 radical (unpaired) electrons. The van der Waals surface area contributed by atoms with Gasteiger partial charge in [0.05, 0.1) is 6.10 Å². The SMILES string of the molecule is Cc1cc(F)ccc1C(O)Cc1ncnn1CC(C)C. The number of benzene rings is 1. The number of aromatic nitrogens is 3. The van der Waals surface area contributed by atoms with Crippen molar-refractivity contribution in [1.82, 2.24) is 14.8 Å². The lowest BCUT2D eigenvalue weighted by Gasteiger charge is -2.15. The fourth-order valence-corrected chi connectivity index (χ4v) is 2.24. The van der Waals surface area contributed by atoms with Gasteiger partial charge in [-0.1, -0.05) is 19.9 Å². The van der Waals surface area contributed by atoms with Gasteiger partial charge in [0.25, 0.3) is 0 Å². The highest BCUT2D eigenvalue weighted by Crippen LogP contribution is 2.21. The van der Waals surface area contributed by atoms with E-state index in [4.69, 9.17) is 0 Å². The van der Waals surface area contributed by atoms with Gasteiger partial charge in [-0.3, -0.25) is 0 Å². The number of aliphatic hydroxyl groups excluding tert-OH is 1. The van der Waals surface area contributed by atoms with Crippen molar-refractivity contribution in [2.24, 2.45) is 5.92 Å². The first-order valence-electron chi connectivity index (χ1n) is 6.78. The van der Waals surface area contributed by atoms with Crippen LogP contribution in [0.1, 0.15) is 36.9 Å². The second-order valence-corrected chi connectivity index (χ2v) is 5.47. The molecule has 0 fully saturated rings. The quantitative estimate of drug-likeness (QED) is 0.914. The Balaban J connectivity index is 2.15. The van der Waals surface area contributed by atoms with Gasteiger partial charge in [0.15, 0.2) is 0 Å². The first-order chi connectivity index (χ1) is 9.47. The van der Waals surface area contributed by atoms with Gasteiger partial charge in [-0.2, -0.15) is 5.10 Å². The van der Waals surface area contributed by atoms with Crippen LogP contribution in [-0.2, 0) is 13.0 Å². The molecule has 4 nitrogen and oxygen atoms in total. The molecule has 0 spiro atoms. The van der Waals surface area contributed by atoms with Crippen LogP contribution in [0.2, 0.25) is 0 Å². The molecule has 0 saturated heterocycles. The van der Waals surface area contributed by atoms with Crippen molar-refractivity contribution in [3.8, 4) is 0 Å². The summed E-state index contributed by atoms with van der Waals surface area (Å²) in [5.41, 5.74) is 1.47. The first-order valence-corrected chi connectivity index (χ1v) is 6.78. The Hall–Kier alpha value is -1.75. The van der Waals surface area contributed by atoms with Crippen molar-refractivity contribution < 1.29 is 9.50 Å². The van der Waals surface area contributed by atoms with Crippen LogP contribution < -0.4 is 0 Å². The lowest BCUT2D eigenvalue weighted by molar-refractivity contribution is 0.172. The maximum Gasteiger partial charge on any atom is 0.138 e. The zero-order valence-electron chi connectivity index (χ0n) is 12.0. The van der Waals surface area contributed by atoms with Gasteiger partial charge in [-0.15, -0.1) is 0 Å². The van der Waals surface area contributed by atoms with E-state index in [9.17, 15) is 9.50 Å². The van der Waals surface area contributed by atoms with Gasteiger partial charge in [-0.05, 0) is 36.1 Å². The third-order valence-electron chi connectivity index (χ3n) is 3.20. The van der Waals surface area contributed by atoms with E-state index in [1.54, 1.807) is 13.0 Å². The van der Waals surface area contributed by atoms with Crippen LogP contribution >= 0.6 is 0 Å². The average Bonchev–Trinajstić information content (AvgIpc) is 2.75. The zero-order valence-corrected chi connectivity index (χ0v) is 12.0. The van der Waals surface area contributed by atoms with Crippen LogP contribution in [0.15, 0.2) is 24.5 Å². The maximum absolute atomic E-state index is 13.1. The lowest BCUT2D eigenvalue weighted by atomic mass is 10.0. The molecule has 1 aromatic carbocycles. The molecule has 2 aromatic rings. The minimum absolute atomic E-state index is 0.290. The van der Waals surface area contributed by atoms with Crippen molar-refractivity contribution in [2.75, 3.05) is 0 Å². The molecule has 5 heteroatoms. The van der Waals surface area contributed by atoms with Gasteiger partial charge in [0, 0.05) is 13.0 Å². The van der Waals surface area contributed by atoms with Gasteiger partial charge in [0.1, 0.15) is 18.0 Å².